The molecular weight excluding hydrogens is 340 g/mol. The van der Waals surface area contributed by atoms with Gasteiger partial charge in [0.05, 0.1) is 30.9 Å². The zero-order valence-corrected chi connectivity index (χ0v) is 17.5. The van der Waals surface area contributed by atoms with Crippen LogP contribution in [0.5, 0.6) is 5.75 Å². The molecule has 4 unspecified atom stereocenters. The maximum absolute atomic E-state index is 13.3. The molecule has 2 aliphatic heterocycles. The van der Waals surface area contributed by atoms with Crippen LogP contribution in [0.4, 0.5) is 0 Å². The Hall–Kier alpha value is -1.59. The van der Waals surface area contributed by atoms with Gasteiger partial charge in [-0.05, 0) is 39.2 Å². The Bertz CT molecular complexity index is 678. The number of aryl methyl sites for hydroxylation is 2. The van der Waals surface area contributed by atoms with Crippen molar-refractivity contribution in [2.75, 3.05) is 19.7 Å². The zero-order chi connectivity index (χ0) is 19.7. The first kappa shape index (κ1) is 20.2. The second-order valence-electron chi connectivity index (χ2n) is 8.60. The van der Waals surface area contributed by atoms with Crippen molar-refractivity contribution in [2.45, 2.75) is 72.3 Å². The van der Waals surface area contributed by atoms with Crippen molar-refractivity contribution in [3.63, 3.8) is 0 Å². The molecule has 1 aromatic rings. The third-order valence-corrected chi connectivity index (χ3v) is 5.53. The molecule has 0 spiro atoms. The number of amides is 1. The Morgan fingerprint density at radius 3 is 2.48 bits per heavy atom. The average molecular weight is 375 g/mol. The highest BCUT2D eigenvalue weighted by Gasteiger charge is 2.36. The fraction of sp³-hybridized carbons (Fsp3) is 0.682. The molecule has 3 rings (SSSR count). The predicted molar refractivity (Wildman–Crippen MR) is 107 cm³/mol. The topological polar surface area (TPSA) is 50.8 Å². The summed E-state index contributed by atoms with van der Waals surface area (Å²) >= 11 is 0. The molecule has 5 heteroatoms. The maximum Gasteiger partial charge on any atom is 0.238 e. The zero-order valence-electron chi connectivity index (χ0n) is 17.5. The minimum absolute atomic E-state index is 0.0111. The molecule has 0 bridgehead atoms. The molecule has 5 nitrogen and oxygen atoms in total. The largest absolute Gasteiger partial charge is 0.493 e. The van der Waals surface area contributed by atoms with Gasteiger partial charge in [0.15, 0.2) is 0 Å². The highest BCUT2D eigenvalue weighted by Crippen LogP contribution is 2.36. The lowest BCUT2D eigenvalue weighted by Crippen LogP contribution is -2.57. The Kier molecular flexibility index (Phi) is 6.11. The number of benzene rings is 1. The van der Waals surface area contributed by atoms with Gasteiger partial charge in [-0.25, -0.2) is 0 Å². The summed E-state index contributed by atoms with van der Waals surface area (Å²) in [5.74, 6) is 1.29. The molecule has 0 aliphatic carbocycles. The van der Waals surface area contributed by atoms with Gasteiger partial charge < -0.3 is 14.8 Å². The number of nitrogens with zero attached hydrogens (tertiary/aromatic N) is 1. The molecule has 1 amide bonds. The van der Waals surface area contributed by atoms with Crippen molar-refractivity contribution < 1.29 is 14.3 Å². The van der Waals surface area contributed by atoms with Crippen LogP contribution in [-0.2, 0) is 9.53 Å². The van der Waals surface area contributed by atoms with Crippen LogP contribution in [-0.4, -0.2) is 48.8 Å². The summed E-state index contributed by atoms with van der Waals surface area (Å²) < 4.78 is 11.8. The molecule has 0 aromatic heterocycles. The van der Waals surface area contributed by atoms with E-state index in [1.807, 2.05) is 0 Å². The number of nitrogens with one attached hydrogen (secondary N) is 1. The highest BCUT2D eigenvalue weighted by molar-refractivity contribution is 5.82. The number of morpholine rings is 1. The van der Waals surface area contributed by atoms with Crippen molar-refractivity contribution in [3.8, 4) is 5.75 Å². The van der Waals surface area contributed by atoms with Crippen LogP contribution in [0.2, 0.25) is 0 Å². The molecule has 1 aromatic carbocycles. The summed E-state index contributed by atoms with van der Waals surface area (Å²) in [6, 6.07) is 4.15. The van der Waals surface area contributed by atoms with E-state index in [1.165, 1.54) is 5.56 Å². The summed E-state index contributed by atoms with van der Waals surface area (Å²) in [7, 11) is 0. The third-order valence-electron chi connectivity index (χ3n) is 5.53. The van der Waals surface area contributed by atoms with Crippen LogP contribution in [0.3, 0.4) is 0 Å². The molecule has 2 heterocycles. The van der Waals surface area contributed by atoms with Crippen molar-refractivity contribution in [2.24, 2.45) is 5.92 Å². The molecule has 0 radical (unpaired) electrons. The van der Waals surface area contributed by atoms with E-state index in [2.05, 4.69) is 63.9 Å². The van der Waals surface area contributed by atoms with Crippen molar-refractivity contribution >= 4 is 5.91 Å². The SMILES string of the molecule is Cc1cc(C)c2c(c1)C(NC(=O)C(C(C)C)N1CC(C)OC(C)C1)CCO2. The Morgan fingerprint density at radius 1 is 1.19 bits per heavy atom. The van der Waals surface area contributed by atoms with E-state index in [1.54, 1.807) is 0 Å². The van der Waals surface area contributed by atoms with E-state index in [4.69, 9.17) is 9.47 Å². The molecule has 4 atom stereocenters. The van der Waals surface area contributed by atoms with E-state index in [0.717, 1.165) is 36.4 Å². The Morgan fingerprint density at radius 2 is 1.85 bits per heavy atom. The van der Waals surface area contributed by atoms with Gasteiger partial charge in [0, 0.05) is 25.1 Å². The van der Waals surface area contributed by atoms with Gasteiger partial charge in [0.2, 0.25) is 5.91 Å². The van der Waals surface area contributed by atoms with Crippen molar-refractivity contribution in [3.05, 3.63) is 28.8 Å². The molecule has 2 aliphatic rings. The van der Waals surface area contributed by atoms with E-state index in [9.17, 15) is 4.79 Å². The molecule has 1 N–H and O–H groups in total. The Balaban J connectivity index is 1.79. The van der Waals surface area contributed by atoms with Gasteiger partial charge in [-0.1, -0.05) is 31.5 Å². The summed E-state index contributed by atoms with van der Waals surface area (Å²) in [4.78, 5) is 15.6. The number of rotatable bonds is 4. The lowest BCUT2D eigenvalue weighted by atomic mass is 9.94. The molecule has 0 saturated carbocycles. The van der Waals surface area contributed by atoms with Crippen LogP contribution < -0.4 is 10.1 Å². The average Bonchev–Trinajstić information content (AvgIpc) is 2.54. The lowest BCUT2D eigenvalue weighted by molar-refractivity contribution is -0.136. The van der Waals surface area contributed by atoms with Gasteiger partial charge in [-0.2, -0.15) is 0 Å². The quantitative estimate of drug-likeness (QED) is 0.878. The summed E-state index contributed by atoms with van der Waals surface area (Å²) in [6.45, 7) is 14.8. The van der Waals surface area contributed by atoms with Crippen molar-refractivity contribution in [1.82, 2.24) is 10.2 Å². The maximum atomic E-state index is 13.3. The normalized spacial score (nSPS) is 27.0. The van der Waals surface area contributed by atoms with Crippen molar-refractivity contribution in [1.29, 1.82) is 0 Å². The monoisotopic (exact) mass is 374 g/mol. The minimum Gasteiger partial charge on any atom is -0.493 e. The second-order valence-corrected chi connectivity index (χ2v) is 8.60. The molecule has 27 heavy (non-hydrogen) atoms. The van der Waals surface area contributed by atoms with Crippen LogP contribution in [0.25, 0.3) is 0 Å². The standard InChI is InChI=1S/C22H34N2O3/c1-13(2)20(24-11-16(5)27-17(6)12-24)22(25)23-19-7-8-26-21-15(4)9-14(3)10-18(19)21/h9-10,13,16-17,19-20H,7-8,11-12H2,1-6H3,(H,23,25). The Labute approximate surface area is 163 Å². The van der Waals surface area contributed by atoms with Crippen LogP contribution in [0, 0.1) is 19.8 Å². The lowest BCUT2D eigenvalue weighted by Gasteiger charge is -2.41. The van der Waals surface area contributed by atoms with E-state index < -0.39 is 0 Å². The molecule has 150 valence electrons. The number of carbonyl (C=O) groups is 1. The summed E-state index contributed by atoms with van der Waals surface area (Å²) in [5, 5.41) is 3.34. The van der Waals surface area contributed by atoms with Crippen LogP contribution >= 0.6 is 0 Å². The minimum atomic E-state index is -0.143. The fourth-order valence-electron chi connectivity index (χ4n) is 4.62. The number of hydrogen-bond donors (Lipinski definition) is 1. The predicted octanol–water partition coefficient (Wildman–Crippen LogP) is 3.38. The molecule has 1 fully saturated rings. The fourth-order valence-corrected chi connectivity index (χ4v) is 4.62. The first-order valence-corrected chi connectivity index (χ1v) is 10.2. The van der Waals surface area contributed by atoms with Gasteiger partial charge in [0.25, 0.3) is 0 Å². The number of fused-ring (bicyclic) bond motifs is 1. The van der Waals surface area contributed by atoms with E-state index >= 15 is 0 Å². The van der Waals surface area contributed by atoms with E-state index in [-0.39, 0.29) is 36.1 Å². The first-order valence-electron chi connectivity index (χ1n) is 10.2. The third kappa shape index (κ3) is 4.46. The second kappa shape index (κ2) is 8.19. The smallest absolute Gasteiger partial charge is 0.238 e. The molecular formula is C22H34N2O3. The number of carbonyl (C=O) groups excluding carboxylic acids is 1. The first-order chi connectivity index (χ1) is 12.8. The summed E-state index contributed by atoms with van der Waals surface area (Å²) in [5.41, 5.74) is 3.45. The van der Waals surface area contributed by atoms with Crippen LogP contribution in [0.1, 0.15) is 56.8 Å². The van der Waals surface area contributed by atoms with E-state index in [0.29, 0.717) is 6.61 Å². The highest BCUT2D eigenvalue weighted by atomic mass is 16.5. The van der Waals surface area contributed by atoms with Gasteiger partial charge >= 0.3 is 0 Å². The van der Waals surface area contributed by atoms with Gasteiger partial charge in [-0.3, -0.25) is 9.69 Å². The number of ether oxygens (including phenoxy) is 2. The van der Waals surface area contributed by atoms with Crippen LogP contribution in [0.15, 0.2) is 12.1 Å². The number of hydrogen-bond acceptors (Lipinski definition) is 4. The summed E-state index contributed by atoms with van der Waals surface area (Å²) in [6.07, 6.45) is 1.11. The van der Waals surface area contributed by atoms with Gasteiger partial charge in [-0.15, -0.1) is 0 Å². The van der Waals surface area contributed by atoms with Gasteiger partial charge in [0.1, 0.15) is 5.75 Å². The molecule has 1 saturated heterocycles.